The minimum atomic E-state index is 0.817. The first-order valence-electron chi connectivity index (χ1n) is 14.6. The Kier molecular flexibility index (Phi) is 12.0. The molecule has 0 nitrogen and oxygen atoms in total. The molecule has 0 aliphatic heterocycles. The lowest BCUT2D eigenvalue weighted by molar-refractivity contribution is 0.301. The molecule has 3 rings (SSSR count). The minimum absolute atomic E-state index is 0.817. The van der Waals surface area contributed by atoms with Crippen LogP contribution >= 0.6 is 0 Å². The third-order valence-electron chi connectivity index (χ3n) is 8.55. The van der Waals surface area contributed by atoms with Gasteiger partial charge in [-0.2, -0.15) is 0 Å². The van der Waals surface area contributed by atoms with Crippen molar-refractivity contribution in [2.45, 2.75) is 142 Å². The summed E-state index contributed by atoms with van der Waals surface area (Å²) in [6, 6.07) is 9.78. The molecule has 2 aliphatic carbocycles. The zero-order valence-corrected chi connectivity index (χ0v) is 21.6. The van der Waals surface area contributed by atoms with Crippen LogP contribution in [0.2, 0.25) is 0 Å². The molecule has 32 heavy (non-hydrogen) atoms. The number of allylic oxidation sites excluding steroid dienone is 2. The maximum Gasteiger partial charge on any atom is -0.0162 e. The van der Waals surface area contributed by atoms with Crippen molar-refractivity contribution in [3.05, 3.63) is 41.5 Å². The van der Waals surface area contributed by atoms with Gasteiger partial charge >= 0.3 is 0 Å². The minimum Gasteiger partial charge on any atom is -0.0804 e. The largest absolute Gasteiger partial charge is 0.0804 e. The highest BCUT2D eigenvalue weighted by Crippen LogP contribution is 2.39. The first-order chi connectivity index (χ1) is 15.8. The summed E-state index contributed by atoms with van der Waals surface area (Å²) < 4.78 is 0. The van der Waals surface area contributed by atoms with Crippen LogP contribution in [-0.4, -0.2) is 0 Å². The second-order valence-corrected chi connectivity index (χ2v) is 11.1. The van der Waals surface area contributed by atoms with E-state index in [2.05, 4.69) is 44.2 Å². The van der Waals surface area contributed by atoms with Crippen LogP contribution in [0.25, 0.3) is 5.57 Å². The number of hydrogen-bond acceptors (Lipinski definition) is 0. The SMILES string of the molecule is CCCCCCCCCCC1CCC(c2ccc(C3=CCC(CCCC)CC3)cc2)CC1. The monoisotopic (exact) mass is 436 g/mol. The summed E-state index contributed by atoms with van der Waals surface area (Å²) >= 11 is 0. The van der Waals surface area contributed by atoms with Gasteiger partial charge < -0.3 is 0 Å². The normalized spacial score (nSPS) is 23.8. The van der Waals surface area contributed by atoms with E-state index >= 15 is 0 Å². The maximum atomic E-state index is 2.55. The van der Waals surface area contributed by atoms with Crippen molar-refractivity contribution < 1.29 is 0 Å². The Balaban J connectivity index is 1.32. The molecule has 0 heterocycles. The number of rotatable bonds is 14. The predicted molar refractivity (Wildman–Crippen MR) is 143 cm³/mol. The summed E-state index contributed by atoms with van der Waals surface area (Å²) in [5.41, 5.74) is 4.71. The molecule has 0 aromatic heterocycles. The Morgan fingerprint density at radius 3 is 1.88 bits per heavy atom. The molecule has 1 unspecified atom stereocenters. The van der Waals surface area contributed by atoms with Crippen LogP contribution in [0.1, 0.15) is 153 Å². The van der Waals surface area contributed by atoms with Gasteiger partial charge in [-0.1, -0.05) is 121 Å². The number of hydrogen-bond donors (Lipinski definition) is 0. The fraction of sp³-hybridized carbons (Fsp3) is 0.750. The second-order valence-electron chi connectivity index (χ2n) is 11.1. The van der Waals surface area contributed by atoms with E-state index in [4.69, 9.17) is 0 Å². The van der Waals surface area contributed by atoms with Gasteiger partial charge in [0.15, 0.2) is 0 Å². The summed E-state index contributed by atoms with van der Waals surface area (Å²) in [4.78, 5) is 0. The lowest BCUT2D eigenvalue weighted by Gasteiger charge is -2.29. The third-order valence-corrected chi connectivity index (χ3v) is 8.55. The van der Waals surface area contributed by atoms with E-state index in [9.17, 15) is 0 Å². The van der Waals surface area contributed by atoms with Crippen molar-refractivity contribution in [1.82, 2.24) is 0 Å². The van der Waals surface area contributed by atoms with E-state index in [0.717, 1.165) is 17.8 Å². The molecular formula is C32H52. The van der Waals surface area contributed by atoms with E-state index in [-0.39, 0.29) is 0 Å². The lowest BCUT2D eigenvalue weighted by atomic mass is 9.76. The van der Waals surface area contributed by atoms with Gasteiger partial charge in [-0.25, -0.2) is 0 Å². The molecule has 0 heteroatoms. The van der Waals surface area contributed by atoms with Crippen molar-refractivity contribution >= 4 is 5.57 Å². The van der Waals surface area contributed by atoms with Crippen LogP contribution in [0, 0.1) is 11.8 Å². The summed E-state index contributed by atoms with van der Waals surface area (Å²) in [5.74, 6) is 2.77. The highest BCUT2D eigenvalue weighted by atomic mass is 14.3. The fourth-order valence-electron chi connectivity index (χ4n) is 6.23. The van der Waals surface area contributed by atoms with Gasteiger partial charge in [-0.05, 0) is 79.4 Å². The first-order valence-corrected chi connectivity index (χ1v) is 14.6. The van der Waals surface area contributed by atoms with Gasteiger partial charge in [-0.3, -0.25) is 0 Å². The van der Waals surface area contributed by atoms with Gasteiger partial charge in [0, 0.05) is 0 Å². The molecular weight excluding hydrogens is 384 g/mol. The molecule has 180 valence electrons. The van der Waals surface area contributed by atoms with Crippen molar-refractivity contribution in [3.8, 4) is 0 Å². The van der Waals surface area contributed by atoms with Crippen LogP contribution in [0.3, 0.4) is 0 Å². The highest BCUT2D eigenvalue weighted by Gasteiger charge is 2.22. The van der Waals surface area contributed by atoms with E-state index in [0.29, 0.717) is 0 Å². The Morgan fingerprint density at radius 1 is 0.625 bits per heavy atom. The second kappa shape index (κ2) is 15.0. The molecule has 0 N–H and O–H groups in total. The number of unbranched alkanes of at least 4 members (excludes halogenated alkanes) is 8. The van der Waals surface area contributed by atoms with E-state index < -0.39 is 0 Å². The Labute approximate surface area is 200 Å². The summed E-state index contributed by atoms with van der Waals surface area (Å²) in [6.45, 7) is 4.62. The van der Waals surface area contributed by atoms with Crippen LogP contribution in [0.5, 0.6) is 0 Å². The standard InChI is InChI=1S/C32H52/c1-3-5-7-8-9-10-11-12-14-28-17-21-30(22-18-28)32-25-23-31(24-26-32)29-19-15-27(16-20-29)13-6-4-2/h19,23-28,30H,3-18,20-22H2,1-2H3. The molecule has 1 atom stereocenters. The van der Waals surface area contributed by atoms with E-state index in [1.807, 2.05) is 0 Å². The van der Waals surface area contributed by atoms with E-state index in [1.54, 1.807) is 11.1 Å². The molecule has 1 saturated carbocycles. The van der Waals surface area contributed by atoms with Crippen LogP contribution in [0.4, 0.5) is 0 Å². The average Bonchev–Trinajstić information content (AvgIpc) is 2.85. The molecule has 0 radical (unpaired) electrons. The summed E-state index contributed by atoms with van der Waals surface area (Å²) in [6.07, 6.45) is 29.6. The van der Waals surface area contributed by atoms with Gasteiger partial charge in [-0.15, -0.1) is 0 Å². The molecule has 0 spiro atoms. The molecule has 1 aromatic carbocycles. The quantitative estimate of drug-likeness (QED) is 0.254. The molecule has 2 aliphatic rings. The van der Waals surface area contributed by atoms with Gasteiger partial charge in [0.1, 0.15) is 0 Å². The van der Waals surface area contributed by atoms with Gasteiger partial charge in [0.05, 0.1) is 0 Å². The van der Waals surface area contributed by atoms with Crippen LogP contribution in [0.15, 0.2) is 30.3 Å². The highest BCUT2D eigenvalue weighted by molar-refractivity contribution is 5.66. The van der Waals surface area contributed by atoms with Gasteiger partial charge in [0.2, 0.25) is 0 Å². The zero-order chi connectivity index (χ0) is 22.4. The smallest absolute Gasteiger partial charge is 0.0162 e. The average molecular weight is 437 g/mol. The fourth-order valence-corrected chi connectivity index (χ4v) is 6.23. The predicted octanol–water partition coefficient (Wildman–Crippen LogP) is 10.9. The number of benzene rings is 1. The molecule has 1 fully saturated rings. The molecule has 1 aromatic rings. The third kappa shape index (κ3) is 8.72. The molecule has 0 saturated heterocycles. The maximum absolute atomic E-state index is 2.55. The van der Waals surface area contributed by atoms with Crippen LogP contribution < -0.4 is 0 Å². The van der Waals surface area contributed by atoms with Crippen molar-refractivity contribution in [1.29, 1.82) is 0 Å². The zero-order valence-electron chi connectivity index (χ0n) is 21.6. The van der Waals surface area contributed by atoms with Gasteiger partial charge in [0.25, 0.3) is 0 Å². The molecule has 0 amide bonds. The van der Waals surface area contributed by atoms with Crippen LogP contribution in [-0.2, 0) is 0 Å². The Bertz CT molecular complexity index is 629. The first kappa shape index (κ1) is 25.6. The summed E-state index contributed by atoms with van der Waals surface area (Å²) in [5, 5.41) is 0. The lowest BCUT2D eigenvalue weighted by Crippen LogP contribution is -2.13. The topological polar surface area (TPSA) is 0 Å². The van der Waals surface area contributed by atoms with E-state index in [1.165, 1.54) is 128 Å². The van der Waals surface area contributed by atoms with Crippen molar-refractivity contribution in [2.24, 2.45) is 11.8 Å². The Morgan fingerprint density at radius 2 is 1.25 bits per heavy atom. The molecule has 0 bridgehead atoms. The summed E-state index contributed by atoms with van der Waals surface area (Å²) in [7, 11) is 0. The van der Waals surface area contributed by atoms with Crippen molar-refractivity contribution in [2.75, 3.05) is 0 Å². The Hall–Kier alpha value is -1.04. The van der Waals surface area contributed by atoms with Crippen molar-refractivity contribution in [3.63, 3.8) is 0 Å².